The summed E-state index contributed by atoms with van der Waals surface area (Å²) in [5, 5.41) is 16.8. The Morgan fingerprint density at radius 2 is 1.29 bits per heavy atom. The molecule has 45 heavy (non-hydrogen) atoms. The van der Waals surface area contributed by atoms with Gasteiger partial charge in [0.2, 0.25) is 17.7 Å². The molecule has 1 fully saturated rings. The van der Waals surface area contributed by atoms with Gasteiger partial charge in [0.25, 0.3) is 5.56 Å². The van der Waals surface area contributed by atoms with Crippen LogP contribution in [0.2, 0.25) is 0 Å². The van der Waals surface area contributed by atoms with Crippen LogP contribution in [0.3, 0.4) is 0 Å². The van der Waals surface area contributed by atoms with Gasteiger partial charge in [0.15, 0.2) is 0 Å². The van der Waals surface area contributed by atoms with Crippen molar-refractivity contribution in [1.29, 1.82) is 0 Å². The van der Waals surface area contributed by atoms with Crippen LogP contribution >= 0.6 is 0 Å². The highest BCUT2D eigenvalue weighted by Crippen LogP contribution is 2.39. The number of pyridine rings is 1. The highest BCUT2D eigenvalue weighted by Gasteiger charge is 2.48. The average Bonchev–Trinajstić information content (AvgIpc) is 3.04. The third kappa shape index (κ3) is 4.45. The second-order valence-corrected chi connectivity index (χ2v) is 10.5. The van der Waals surface area contributed by atoms with Crippen LogP contribution in [0.25, 0.3) is 27.2 Å². The molecule has 0 radical (unpaired) electrons. The zero-order chi connectivity index (χ0) is 31.2. The summed E-state index contributed by atoms with van der Waals surface area (Å²) in [6.07, 6.45) is 2.82. The van der Waals surface area contributed by atoms with Gasteiger partial charge in [-0.25, -0.2) is 19.1 Å². The van der Waals surface area contributed by atoms with Crippen LogP contribution in [-0.4, -0.2) is 37.5 Å². The van der Waals surface area contributed by atoms with Crippen LogP contribution < -0.4 is 21.5 Å². The van der Waals surface area contributed by atoms with Crippen molar-refractivity contribution in [3.05, 3.63) is 141 Å². The minimum Gasteiger partial charge on any atom is -0.494 e. The lowest BCUT2D eigenvalue weighted by Gasteiger charge is -2.35. The quantitative estimate of drug-likeness (QED) is 0.254. The van der Waals surface area contributed by atoms with Crippen LogP contribution in [0.5, 0.6) is 5.88 Å². The number of carbonyl (C=O) groups is 3. The molecule has 220 valence electrons. The summed E-state index contributed by atoms with van der Waals surface area (Å²) in [6.45, 7) is 0. The number of nitrogens with zero attached hydrogens (tertiary/aromatic N) is 3. The predicted molar refractivity (Wildman–Crippen MR) is 166 cm³/mol. The van der Waals surface area contributed by atoms with E-state index in [2.05, 4.69) is 15.3 Å². The van der Waals surface area contributed by atoms with Crippen molar-refractivity contribution < 1.29 is 19.5 Å². The van der Waals surface area contributed by atoms with Crippen molar-refractivity contribution in [2.45, 2.75) is 5.92 Å². The molecule has 3 N–H and O–H groups in total. The van der Waals surface area contributed by atoms with Crippen LogP contribution in [0.4, 0.5) is 10.5 Å². The molecule has 7 rings (SSSR count). The number of benzene rings is 4. The van der Waals surface area contributed by atoms with Crippen molar-refractivity contribution in [2.75, 3.05) is 4.90 Å². The molecule has 2 atom stereocenters. The second kappa shape index (κ2) is 10.7. The van der Waals surface area contributed by atoms with Crippen molar-refractivity contribution in [2.24, 2.45) is 5.92 Å². The minimum atomic E-state index is -1.70. The molecule has 3 heterocycles. The van der Waals surface area contributed by atoms with E-state index in [0.29, 0.717) is 10.8 Å². The van der Waals surface area contributed by atoms with Gasteiger partial charge in [-0.3, -0.25) is 29.7 Å². The van der Waals surface area contributed by atoms with Crippen molar-refractivity contribution in [3.63, 3.8) is 0 Å². The number of hydrogen-bond donors (Lipinski definition) is 3. The molecule has 1 aliphatic rings. The Morgan fingerprint density at radius 1 is 0.711 bits per heavy atom. The Bertz CT molecular complexity index is 2280. The smallest absolute Gasteiger partial charge is 0.335 e. The summed E-state index contributed by atoms with van der Waals surface area (Å²) in [5.74, 6) is -5.77. The molecule has 0 aliphatic carbocycles. The van der Waals surface area contributed by atoms with E-state index >= 15 is 0 Å². The Balaban J connectivity index is 1.46. The van der Waals surface area contributed by atoms with Crippen LogP contribution in [0, 0.1) is 5.92 Å². The number of aromatic nitrogens is 3. The number of aromatic amines is 1. The van der Waals surface area contributed by atoms with Gasteiger partial charge in [-0.2, -0.15) is 0 Å². The minimum absolute atomic E-state index is 0.237. The molecule has 1 aliphatic heterocycles. The Labute approximate surface area is 254 Å². The molecule has 2 aromatic heterocycles. The number of barbiturate groups is 1. The van der Waals surface area contributed by atoms with Gasteiger partial charge in [-0.1, -0.05) is 72.8 Å². The van der Waals surface area contributed by atoms with Crippen LogP contribution in [0.1, 0.15) is 17.0 Å². The molecule has 4 aromatic carbocycles. The van der Waals surface area contributed by atoms with Crippen LogP contribution in [-0.2, 0) is 9.59 Å². The third-order valence-electron chi connectivity index (χ3n) is 8.05. The third-order valence-corrected chi connectivity index (χ3v) is 8.05. The van der Waals surface area contributed by atoms with E-state index in [9.17, 15) is 29.1 Å². The van der Waals surface area contributed by atoms with E-state index in [1.807, 2.05) is 36.4 Å². The highest BCUT2D eigenvalue weighted by atomic mass is 16.3. The number of anilines is 1. The summed E-state index contributed by atoms with van der Waals surface area (Å²) >= 11 is 0. The maximum Gasteiger partial charge on any atom is 0.335 e. The first-order chi connectivity index (χ1) is 21.8. The highest BCUT2D eigenvalue weighted by molar-refractivity contribution is 6.30. The van der Waals surface area contributed by atoms with Gasteiger partial charge < -0.3 is 5.11 Å². The van der Waals surface area contributed by atoms with Gasteiger partial charge in [0.05, 0.1) is 16.9 Å². The van der Waals surface area contributed by atoms with Gasteiger partial charge in [-0.05, 0) is 40.6 Å². The fraction of sp³-hybridized carbons (Fsp3) is 0.0588. The van der Waals surface area contributed by atoms with Gasteiger partial charge in [-0.15, -0.1) is 0 Å². The SMILES string of the molecule is O=C1NC(=O)N(c2cccc3ccccc23)C(=O)[C@@H]1[C@H](c1ccncc1)c1c(O)n(-c2cccc3ccccc23)c(=O)[nH]c1=O. The van der Waals surface area contributed by atoms with E-state index < -0.39 is 52.4 Å². The lowest BCUT2D eigenvalue weighted by atomic mass is 9.79. The van der Waals surface area contributed by atoms with E-state index in [1.165, 1.54) is 24.5 Å². The van der Waals surface area contributed by atoms with Gasteiger partial charge in [0, 0.05) is 29.1 Å². The molecule has 1 saturated heterocycles. The Hall–Kier alpha value is -6.36. The van der Waals surface area contributed by atoms with Crippen molar-refractivity contribution in [1.82, 2.24) is 19.9 Å². The van der Waals surface area contributed by atoms with E-state index in [1.54, 1.807) is 48.5 Å². The molecular formula is C34H23N5O6. The summed E-state index contributed by atoms with van der Waals surface area (Å²) in [5.41, 5.74) is -1.54. The standard InChI is InChI=1S/C34H23N5O6/c40-29-27(31(42)38(33(44)36-29)24-13-5-9-19-7-1-3-11-22(19)24)26(21-15-17-35-18-16-21)28-30(41)37-34(45)39(32(28)43)25-14-6-10-20-8-2-4-12-23(20)25/h1-18,26-27,43H,(H,36,40,44)(H,37,41,45)/t26-,27+/m0/s1. The number of H-pyrrole nitrogens is 1. The van der Waals surface area contributed by atoms with Crippen LogP contribution in [0.15, 0.2) is 119 Å². The topological polar surface area (TPSA) is 154 Å². The Morgan fingerprint density at radius 3 is 1.96 bits per heavy atom. The van der Waals surface area contributed by atoms with E-state index in [-0.39, 0.29) is 16.9 Å². The summed E-state index contributed by atoms with van der Waals surface area (Å²) in [7, 11) is 0. The second-order valence-electron chi connectivity index (χ2n) is 10.5. The predicted octanol–water partition coefficient (Wildman–Crippen LogP) is 3.96. The van der Waals surface area contributed by atoms with E-state index in [0.717, 1.165) is 20.2 Å². The summed E-state index contributed by atoms with van der Waals surface area (Å²) in [6, 6.07) is 26.6. The lowest BCUT2D eigenvalue weighted by Crippen LogP contribution is -2.60. The van der Waals surface area contributed by atoms with E-state index in [4.69, 9.17) is 0 Å². The molecular weight excluding hydrogens is 574 g/mol. The number of hydrogen-bond acceptors (Lipinski definition) is 7. The maximum atomic E-state index is 14.4. The summed E-state index contributed by atoms with van der Waals surface area (Å²) < 4.78 is 0.937. The average molecular weight is 598 g/mol. The number of nitrogens with one attached hydrogen (secondary N) is 2. The number of fused-ring (bicyclic) bond motifs is 2. The fourth-order valence-corrected chi connectivity index (χ4v) is 6.06. The molecule has 0 bridgehead atoms. The number of urea groups is 1. The first-order valence-corrected chi connectivity index (χ1v) is 14.0. The monoisotopic (exact) mass is 597 g/mol. The summed E-state index contributed by atoms with van der Waals surface area (Å²) in [4.78, 5) is 75.2. The number of amides is 4. The molecule has 11 heteroatoms. The normalized spacial score (nSPS) is 15.8. The van der Waals surface area contributed by atoms with Crippen molar-refractivity contribution in [3.8, 4) is 11.6 Å². The number of carbonyl (C=O) groups excluding carboxylic acids is 3. The number of imide groups is 2. The Kier molecular flexibility index (Phi) is 6.55. The fourth-order valence-electron chi connectivity index (χ4n) is 6.06. The molecule has 11 nitrogen and oxygen atoms in total. The molecule has 0 unspecified atom stereocenters. The van der Waals surface area contributed by atoms with Gasteiger partial charge in [0.1, 0.15) is 5.92 Å². The largest absolute Gasteiger partial charge is 0.494 e. The molecule has 0 saturated carbocycles. The molecule has 4 amide bonds. The number of rotatable bonds is 5. The molecule has 0 spiro atoms. The first-order valence-electron chi connectivity index (χ1n) is 14.0. The van der Waals surface area contributed by atoms with Gasteiger partial charge >= 0.3 is 11.7 Å². The molecule has 6 aromatic rings. The number of aromatic hydroxyl groups is 1. The first kappa shape index (κ1) is 27.5. The zero-order valence-electron chi connectivity index (χ0n) is 23.4. The van der Waals surface area contributed by atoms with Crippen molar-refractivity contribution >= 4 is 45.1 Å². The lowest BCUT2D eigenvalue weighted by molar-refractivity contribution is -0.134. The maximum absolute atomic E-state index is 14.4. The zero-order valence-corrected chi connectivity index (χ0v) is 23.4.